The van der Waals surface area contributed by atoms with Crippen molar-refractivity contribution in [3.8, 4) is 0 Å². The summed E-state index contributed by atoms with van der Waals surface area (Å²) in [5.74, 6) is 1.51. The molecule has 2 aromatic rings. The molecule has 0 saturated carbocycles. The summed E-state index contributed by atoms with van der Waals surface area (Å²) in [6, 6.07) is 2.04. The van der Waals surface area contributed by atoms with Crippen molar-refractivity contribution in [2.45, 2.75) is 39.0 Å². The first-order valence-corrected chi connectivity index (χ1v) is 9.35. The molecule has 0 unspecified atom stereocenters. The third-order valence-electron chi connectivity index (χ3n) is 4.53. The van der Waals surface area contributed by atoms with Crippen LogP contribution < -0.4 is 5.73 Å². The van der Waals surface area contributed by atoms with Crippen molar-refractivity contribution in [1.82, 2.24) is 14.9 Å². The van der Waals surface area contributed by atoms with Crippen molar-refractivity contribution in [2.24, 2.45) is 5.92 Å². The molecule has 5 nitrogen and oxygen atoms in total. The summed E-state index contributed by atoms with van der Waals surface area (Å²) in [6.45, 7) is 5.91. The van der Waals surface area contributed by atoms with Crippen LogP contribution >= 0.6 is 11.3 Å². The highest BCUT2D eigenvalue weighted by Crippen LogP contribution is 2.26. The smallest absolute Gasteiger partial charge is 0.254 e. The van der Waals surface area contributed by atoms with E-state index in [-0.39, 0.29) is 5.91 Å². The fourth-order valence-electron chi connectivity index (χ4n) is 3.17. The lowest BCUT2D eigenvalue weighted by Crippen LogP contribution is -2.40. The summed E-state index contributed by atoms with van der Waals surface area (Å²) in [7, 11) is 0. The minimum atomic E-state index is 0.148. The molecular weight excluding hydrogens is 320 g/mol. The topological polar surface area (TPSA) is 72.1 Å². The van der Waals surface area contributed by atoms with Gasteiger partial charge in [-0.2, -0.15) is 0 Å². The summed E-state index contributed by atoms with van der Waals surface area (Å²) in [5, 5.41) is 1.99. The SMILES string of the molecule is CC(C)c1cc(C(=O)N2CCC[C@H](Cc3nccnc3N)C2)cs1. The zero-order valence-corrected chi connectivity index (χ0v) is 15.1. The average Bonchev–Trinajstić information content (AvgIpc) is 3.07. The molecule has 6 heteroatoms. The van der Waals surface area contributed by atoms with Crippen LogP contribution in [0.4, 0.5) is 5.82 Å². The molecule has 0 spiro atoms. The molecule has 1 amide bonds. The van der Waals surface area contributed by atoms with Crippen LogP contribution in [0.1, 0.15) is 53.5 Å². The highest BCUT2D eigenvalue weighted by molar-refractivity contribution is 7.10. The van der Waals surface area contributed by atoms with Crippen LogP contribution in [-0.2, 0) is 6.42 Å². The number of nitrogens with zero attached hydrogens (tertiary/aromatic N) is 3. The summed E-state index contributed by atoms with van der Waals surface area (Å²) in [5.41, 5.74) is 7.57. The second-order valence-corrected chi connectivity index (χ2v) is 7.69. The number of piperidine rings is 1. The molecule has 2 aromatic heterocycles. The number of carbonyl (C=O) groups excluding carboxylic acids is 1. The van der Waals surface area contributed by atoms with Crippen molar-refractivity contribution in [3.05, 3.63) is 40.0 Å². The predicted molar refractivity (Wildman–Crippen MR) is 97.2 cm³/mol. The Balaban J connectivity index is 1.66. The summed E-state index contributed by atoms with van der Waals surface area (Å²) < 4.78 is 0. The van der Waals surface area contributed by atoms with Gasteiger partial charge in [0.05, 0.1) is 11.3 Å². The fraction of sp³-hybridized carbons (Fsp3) is 0.500. The molecule has 1 fully saturated rings. The lowest BCUT2D eigenvalue weighted by Gasteiger charge is -2.32. The van der Waals surface area contributed by atoms with Crippen molar-refractivity contribution in [3.63, 3.8) is 0 Å². The van der Waals surface area contributed by atoms with E-state index in [0.717, 1.165) is 43.6 Å². The van der Waals surface area contributed by atoms with Crippen LogP contribution in [-0.4, -0.2) is 33.9 Å². The van der Waals surface area contributed by atoms with E-state index < -0.39 is 0 Å². The van der Waals surface area contributed by atoms with Gasteiger partial charge >= 0.3 is 0 Å². The fourth-order valence-corrected chi connectivity index (χ4v) is 4.07. The summed E-state index contributed by atoms with van der Waals surface area (Å²) in [4.78, 5) is 24.5. The number of carbonyl (C=O) groups is 1. The van der Waals surface area contributed by atoms with E-state index in [4.69, 9.17) is 5.73 Å². The van der Waals surface area contributed by atoms with Crippen LogP contribution in [0.3, 0.4) is 0 Å². The predicted octanol–water partition coefficient (Wildman–Crippen LogP) is 3.34. The lowest BCUT2D eigenvalue weighted by atomic mass is 9.93. The van der Waals surface area contributed by atoms with E-state index in [0.29, 0.717) is 17.7 Å². The van der Waals surface area contributed by atoms with Gasteiger partial charge in [0.1, 0.15) is 5.82 Å². The number of nitrogens with two attached hydrogens (primary N) is 1. The van der Waals surface area contributed by atoms with Gasteiger partial charge in [-0.1, -0.05) is 13.8 Å². The van der Waals surface area contributed by atoms with Gasteiger partial charge < -0.3 is 10.6 Å². The Bertz CT molecular complexity index is 713. The van der Waals surface area contributed by atoms with Crippen molar-refractivity contribution < 1.29 is 4.79 Å². The molecule has 0 bridgehead atoms. The van der Waals surface area contributed by atoms with Crippen molar-refractivity contribution in [2.75, 3.05) is 18.8 Å². The summed E-state index contributed by atoms with van der Waals surface area (Å²) in [6.07, 6.45) is 6.19. The molecule has 3 rings (SSSR count). The van der Waals surface area contributed by atoms with E-state index in [9.17, 15) is 4.79 Å². The normalized spacial score (nSPS) is 18.1. The number of nitrogen functional groups attached to an aromatic ring is 1. The third-order valence-corrected chi connectivity index (χ3v) is 5.76. The molecule has 1 aliphatic heterocycles. The lowest BCUT2D eigenvalue weighted by molar-refractivity contribution is 0.0673. The van der Waals surface area contributed by atoms with Crippen LogP contribution in [0.15, 0.2) is 23.8 Å². The van der Waals surface area contributed by atoms with Gasteiger partial charge in [-0.15, -0.1) is 11.3 Å². The van der Waals surface area contributed by atoms with E-state index in [2.05, 4.69) is 23.8 Å². The second-order valence-electron chi connectivity index (χ2n) is 6.74. The van der Waals surface area contributed by atoms with E-state index >= 15 is 0 Å². The molecule has 1 saturated heterocycles. The maximum Gasteiger partial charge on any atom is 0.254 e. The number of hydrogen-bond acceptors (Lipinski definition) is 5. The summed E-state index contributed by atoms with van der Waals surface area (Å²) >= 11 is 1.67. The molecule has 0 aliphatic carbocycles. The Kier molecular flexibility index (Phi) is 5.14. The number of aromatic nitrogens is 2. The van der Waals surface area contributed by atoms with E-state index in [1.54, 1.807) is 23.7 Å². The Morgan fingerprint density at radius 3 is 2.92 bits per heavy atom. The van der Waals surface area contributed by atoms with Gasteiger partial charge in [-0.25, -0.2) is 4.98 Å². The zero-order chi connectivity index (χ0) is 17.1. The molecule has 3 heterocycles. The Labute approximate surface area is 146 Å². The zero-order valence-electron chi connectivity index (χ0n) is 14.2. The molecule has 0 radical (unpaired) electrons. The van der Waals surface area contributed by atoms with Gasteiger partial charge in [0.2, 0.25) is 0 Å². The minimum Gasteiger partial charge on any atom is -0.382 e. The van der Waals surface area contributed by atoms with Crippen LogP contribution in [0.5, 0.6) is 0 Å². The molecule has 128 valence electrons. The third kappa shape index (κ3) is 3.75. The number of hydrogen-bond donors (Lipinski definition) is 1. The average molecular weight is 344 g/mol. The maximum absolute atomic E-state index is 12.8. The standard InChI is InChI=1S/C18H24N4OS/c1-12(2)16-9-14(11-24-16)18(23)22-7-3-4-13(10-22)8-15-17(19)21-6-5-20-15/h5-6,9,11-13H,3-4,7-8,10H2,1-2H3,(H2,19,21)/t13-/m1/s1. The number of likely N-dealkylation sites (tertiary alicyclic amines) is 1. The Morgan fingerprint density at radius 2 is 2.21 bits per heavy atom. The molecule has 1 atom stereocenters. The highest BCUT2D eigenvalue weighted by atomic mass is 32.1. The molecule has 0 aromatic carbocycles. The van der Waals surface area contributed by atoms with Crippen molar-refractivity contribution >= 4 is 23.1 Å². The Hall–Kier alpha value is -1.95. The van der Waals surface area contributed by atoms with Gasteiger partial charge in [-0.05, 0) is 37.2 Å². The van der Waals surface area contributed by atoms with Gasteiger partial charge in [0, 0.05) is 35.7 Å². The van der Waals surface area contributed by atoms with Crippen molar-refractivity contribution in [1.29, 1.82) is 0 Å². The van der Waals surface area contributed by atoms with Gasteiger partial charge in [0.25, 0.3) is 5.91 Å². The van der Waals surface area contributed by atoms with Gasteiger partial charge in [0.15, 0.2) is 0 Å². The van der Waals surface area contributed by atoms with Crippen LogP contribution in [0, 0.1) is 5.92 Å². The molecular formula is C18H24N4OS. The van der Waals surface area contributed by atoms with Gasteiger partial charge in [-0.3, -0.25) is 9.78 Å². The first-order chi connectivity index (χ1) is 11.5. The quantitative estimate of drug-likeness (QED) is 0.923. The molecule has 24 heavy (non-hydrogen) atoms. The largest absolute Gasteiger partial charge is 0.382 e. The van der Waals surface area contributed by atoms with Crippen LogP contribution in [0.25, 0.3) is 0 Å². The molecule has 2 N–H and O–H groups in total. The highest BCUT2D eigenvalue weighted by Gasteiger charge is 2.26. The van der Waals surface area contributed by atoms with E-state index in [1.807, 2.05) is 16.3 Å². The second kappa shape index (κ2) is 7.30. The maximum atomic E-state index is 12.8. The number of amides is 1. The monoisotopic (exact) mass is 344 g/mol. The first-order valence-electron chi connectivity index (χ1n) is 8.47. The number of anilines is 1. The minimum absolute atomic E-state index is 0.148. The number of rotatable bonds is 4. The Morgan fingerprint density at radius 1 is 1.42 bits per heavy atom. The van der Waals surface area contributed by atoms with Crippen LogP contribution in [0.2, 0.25) is 0 Å². The molecule has 1 aliphatic rings. The number of thiophene rings is 1. The van der Waals surface area contributed by atoms with E-state index in [1.165, 1.54) is 4.88 Å². The first kappa shape index (κ1) is 16.9.